The standard InChI is InChI=1S/C12H13N3O3S/c1-6-9-10(19-7-4-18-5-7)8(12(16)17)3-13-11(9)15(2)14-6/h3,7H,4-5H2,1-2H3,(H,16,17). The number of pyridine rings is 1. The maximum absolute atomic E-state index is 11.4. The van der Waals surface area contributed by atoms with Gasteiger partial charge >= 0.3 is 5.97 Å². The first-order valence-corrected chi connectivity index (χ1v) is 6.76. The van der Waals surface area contributed by atoms with E-state index < -0.39 is 5.97 Å². The fourth-order valence-electron chi connectivity index (χ4n) is 2.10. The number of carbonyl (C=O) groups is 1. The molecule has 1 saturated heterocycles. The number of hydrogen-bond acceptors (Lipinski definition) is 5. The summed E-state index contributed by atoms with van der Waals surface area (Å²) < 4.78 is 6.83. The number of fused-ring (bicyclic) bond motifs is 1. The van der Waals surface area contributed by atoms with Crippen molar-refractivity contribution in [2.75, 3.05) is 13.2 Å². The molecule has 100 valence electrons. The average Bonchev–Trinajstić information content (AvgIpc) is 2.59. The SMILES string of the molecule is Cc1nn(C)c2ncc(C(=O)O)c(SC3COC3)c12. The van der Waals surface area contributed by atoms with Crippen LogP contribution >= 0.6 is 11.8 Å². The highest BCUT2D eigenvalue weighted by Crippen LogP contribution is 2.36. The van der Waals surface area contributed by atoms with Crippen molar-refractivity contribution in [1.29, 1.82) is 0 Å². The van der Waals surface area contributed by atoms with Crippen molar-refractivity contribution in [3.8, 4) is 0 Å². The largest absolute Gasteiger partial charge is 0.478 e. The molecule has 0 aromatic carbocycles. The molecule has 7 heteroatoms. The molecule has 1 N–H and O–H groups in total. The Balaban J connectivity index is 2.21. The fraction of sp³-hybridized carbons (Fsp3) is 0.417. The molecular formula is C12H13N3O3S. The van der Waals surface area contributed by atoms with E-state index in [0.29, 0.717) is 24.1 Å². The van der Waals surface area contributed by atoms with Gasteiger partial charge in [0, 0.05) is 18.1 Å². The zero-order valence-corrected chi connectivity index (χ0v) is 11.4. The summed E-state index contributed by atoms with van der Waals surface area (Å²) in [5.74, 6) is -0.958. The molecule has 1 aliphatic heterocycles. The van der Waals surface area contributed by atoms with Crippen molar-refractivity contribution in [3.05, 3.63) is 17.5 Å². The summed E-state index contributed by atoms with van der Waals surface area (Å²) in [5, 5.41) is 14.8. The first kappa shape index (κ1) is 12.4. The predicted octanol–water partition coefficient (Wildman–Crippen LogP) is 1.47. The van der Waals surface area contributed by atoms with E-state index in [1.807, 2.05) is 14.0 Å². The number of aryl methyl sites for hydroxylation is 2. The first-order chi connectivity index (χ1) is 9.08. The van der Waals surface area contributed by atoms with Gasteiger partial charge in [0.25, 0.3) is 0 Å². The minimum Gasteiger partial charge on any atom is -0.478 e. The van der Waals surface area contributed by atoms with Gasteiger partial charge in [0.05, 0.1) is 35.1 Å². The van der Waals surface area contributed by atoms with Crippen LogP contribution in [0.5, 0.6) is 0 Å². The number of carboxylic acids is 1. The van der Waals surface area contributed by atoms with E-state index in [-0.39, 0.29) is 5.56 Å². The smallest absolute Gasteiger partial charge is 0.338 e. The van der Waals surface area contributed by atoms with E-state index in [9.17, 15) is 9.90 Å². The molecule has 1 aliphatic rings. The molecule has 19 heavy (non-hydrogen) atoms. The Morgan fingerprint density at radius 1 is 1.58 bits per heavy atom. The zero-order chi connectivity index (χ0) is 13.6. The van der Waals surface area contributed by atoms with Crippen LogP contribution in [0.25, 0.3) is 11.0 Å². The summed E-state index contributed by atoms with van der Waals surface area (Å²) >= 11 is 1.54. The number of nitrogens with zero attached hydrogens (tertiary/aromatic N) is 3. The molecule has 0 spiro atoms. The highest BCUT2D eigenvalue weighted by molar-refractivity contribution is 8.00. The third-order valence-electron chi connectivity index (χ3n) is 3.10. The number of aromatic nitrogens is 3. The Hall–Kier alpha value is -1.60. The Morgan fingerprint density at radius 3 is 2.89 bits per heavy atom. The fourth-order valence-corrected chi connectivity index (χ4v) is 3.39. The molecule has 0 atom stereocenters. The Bertz CT molecular complexity index is 664. The predicted molar refractivity (Wildman–Crippen MR) is 70.7 cm³/mol. The van der Waals surface area contributed by atoms with Crippen LogP contribution in [-0.2, 0) is 11.8 Å². The van der Waals surface area contributed by atoms with Crippen LogP contribution in [0.3, 0.4) is 0 Å². The van der Waals surface area contributed by atoms with E-state index in [1.54, 1.807) is 16.4 Å². The summed E-state index contributed by atoms with van der Waals surface area (Å²) in [4.78, 5) is 16.3. The van der Waals surface area contributed by atoms with Crippen molar-refractivity contribution < 1.29 is 14.6 Å². The molecule has 0 radical (unpaired) electrons. The maximum Gasteiger partial charge on any atom is 0.338 e. The second kappa shape index (κ2) is 4.50. The molecule has 1 fully saturated rings. The number of thioether (sulfide) groups is 1. The zero-order valence-electron chi connectivity index (χ0n) is 10.6. The van der Waals surface area contributed by atoms with Crippen molar-refractivity contribution in [3.63, 3.8) is 0 Å². The van der Waals surface area contributed by atoms with Crippen LogP contribution < -0.4 is 0 Å². The summed E-state index contributed by atoms with van der Waals surface area (Å²) in [7, 11) is 1.81. The summed E-state index contributed by atoms with van der Waals surface area (Å²) in [5.41, 5.74) is 1.75. The maximum atomic E-state index is 11.4. The lowest BCUT2D eigenvalue weighted by atomic mass is 10.2. The van der Waals surface area contributed by atoms with Gasteiger partial charge in [-0.15, -0.1) is 11.8 Å². The lowest BCUT2D eigenvalue weighted by Crippen LogP contribution is -2.30. The number of rotatable bonds is 3. The van der Waals surface area contributed by atoms with E-state index in [0.717, 1.165) is 16.0 Å². The summed E-state index contributed by atoms with van der Waals surface area (Å²) in [6.45, 7) is 3.19. The second-order valence-electron chi connectivity index (χ2n) is 4.49. The van der Waals surface area contributed by atoms with Gasteiger partial charge in [0.1, 0.15) is 0 Å². The molecule has 2 aromatic rings. The third-order valence-corrected chi connectivity index (χ3v) is 4.37. The molecule has 6 nitrogen and oxygen atoms in total. The van der Waals surface area contributed by atoms with Gasteiger partial charge in [-0.3, -0.25) is 4.68 Å². The topological polar surface area (TPSA) is 77.2 Å². The van der Waals surface area contributed by atoms with Crippen molar-refractivity contribution in [1.82, 2.24) is 14.8 Å². The molecule has 3 heterocycles. The normalized spacial score (nSPS) is 15.7. The van der Waals surface area contributed by atoms with Gasteiger partial charge in [0.15, 0.2) is 5.65 Å². The van der Waals surface area contributed by atoms with Crippen LogP contribution in [0.15, 0.2) is 11.1 Å². The minimum absolute atomic E-state index is 0.237. The number of ether oxygens (including phenoxy) is 1. The molecule has 0 unspecified atom stereocenters. The van der Waals surface area contributed by atoms with Crippen LogP contribution in [0.4, 0.5) is 0 Å². The van der Waals surface area contributed by atoms with E-state index >= 15 is 0 Å². The molecule has 2 aromatic heterocycles. The minimum atomic E-state index is -0.958. The second-order valence-corrected chi connectivity index (χ2v) is 5.80. The average molecular weight is 279 g/mol. The number of aromatic carboxylic acids is 1. The van der Waals surface area contributed by atoms with Crippen LogP contribution in [-0.4, -0.2) is 44.3 Å². The van der Waals surface area contributed by atoms with E-state index in [2.05, 4.69) is 10.1 Å². The monoisotopic (exact) mass is 279 g/mol. The van der Waals surface area contributed by atoms with Gasteiger partial charge in [-0.1, -0.05) is 0 Å². The van der Waals surface area contributed by atoms with Gasteiger partial charge in [-0.2, -0.15) is 5.10 Å². The van der Waals surface area contributed by atoms with Crippen molar-refractivity contribution >= 4 is 28.8 Å². The highest BCUT2D eigenvalue weighted by Gasteiger charge is 2.26. The Labute approximate surface area is 113 Å². The molecular weight excluding hydrogens is 266 g/mol. The molecule has 3 rings (SSSR count). The lowest BCUT2D eigenvalue weighted by molar-refractivity contribution is 0.0455. The van der Waals surface area contributed by atoms with E-state index in [1.165, 1.54) is 6.20 Å². The highest BCUT2D eigenvalue weighted by atomic mass is 32.2. The van der Waals surface area contributed by atoms with Crippen molar-refractivity contribution in [2.45, 2.75) is 17.1 Å². The molecule has 0 bridgehead atoms. The Kier molecular flexibility index (Phi) is 2.94. The van der Waals surface area contributed by atoms with Gasteiger partial charge < -0.3 is 9.84 Å². The van der Waals surface area contributed by atoms with Crippen molar-refractivity contribution in [2.24, 2.45) is 7.05 Å². The van der Waals surface area contributed by atoms with Crippen LogP contribution in [0, 0.1) is 6.92 Å². The van der Waals surface area contributed by atoms with Crippen LogP contribution in [0.2, 0.25) is 0 Å². The Morgan fingerprint density at radius 2 is 2.32 bits per heavy atom. The van der Waals surface area contributed by atoms with Gasteiger partial charge in [-0.25, -0.2) is 9.78 Å². The number of carboxylic acid groups (broad SMARTS) is 1. The quantitative estimate of drug-likeness (QED) is 0.916. The van der Waals surface area contributed by atoms with E-state index in [4.69, 9.17) is 4.74 Å². The molecule has 0 aliphatic carbocycles. The first-order valence-electron chi connectivity index (χ1n) is 5.88. The van der Waals surface area contributed by atoms with Gasteiger partial charge in [0.2, 0.25) is 0 Å². The molecule has 0 amide bonds. The summed E-state index contributed by atoms with van der Waals surface area (Å²) in [6, 6.07) is 0. The van der Waals surface area contributed by atoms with Gasteiger partial charge in [-0.05, 0) is 6.92 Å². The third kappa shape index (κ3) is 1.98. The van der Waals surface area contributed by atoms with Crippen LogP contribution in [0.1, 0.15) is 16.1 Å². The summed E-state index contributed by atoms with van der Waals surface area (Å²) in [6.07, 6.45) is 1.41. The lowest BCUT2D eigenvalue weighted by Gasteiger charge is -2.25. The number of hydrogen-bond donors (Lipinski definition) is 1. The molecule has 0 saturated carbocycles.